The van der Waals surface area contributed by atoms with E-state index < -0.39 is 11.9 Å². The number of ether oxygens (including phenoxy) is 2. The van der Waals surface area contributed by atoms with E-state index in [-0.39, 0.29) is 13.2 Å². The van der Waals surface area contributed by atoms with Crippen LogP contribution in [0.5, 0.6) is 0 Å². The standard InChI is InChI=1S/C19H27BrN2O4.C12H9Cl2N/c1-13(23)25-8-9-26-19(24)14-10-15(18(21)17(20)11-14)12-22(2)16-6-4-3-5-7-16;13-10-7-4-8-11(14)12(10)15-9-5-2-1-3-6-9/h10-11,16H,3-9,12,21H2,1-2H3;1-8,15H. The number of anilines is 3. The van der Waals surface area contributed by atoms with Crippen molar-refractivity contribution in [3.05, 3.63) is 86.3 Å². The number of nitrogens with zero attached hydrogens (tertiary/aromatic N) is 1. The van der Waals surface area contributed by atoms with Crippen LogP contribution in [0.2, 0.25) is 10.0 Å². The minimum atomic E-state index is -0.459. The van der Waals surface area contributed by atoms with Crippen molar-refractivity contribution in [1.82, 2.24) is 4.90 Å². The lowest BCUT2D eigenvalue weighted by molar-refractivity contribution is -0.142. The zero-order chi connectivity index (χ0) is 29.8. The number of carbonyl (C=O) groups excluding carboxylic acids is 2. The summed E-state index contributed by atoms with van der Waals surface area (Å²) < 4.78 is 10.6. The summed E-state index contributed by atoms with van der Waals surface area (Å²) >= 11 is 15.5. The molecule has 0 aliphatic heterocycles. The van der Waals surface area contributed by atoms with Gasteiger partial charge in [0.2, 0.25) is 0 Å². The Bertz CT molecular complexity index is 1280. The minimum Gasteiger partial charge on any atom is -0.462 e. The van der Waals surface area contributed by atoms with Gasteiger partial charge in [0, 0.05) is 29.7 Å². The van der Waals surface area contributed by atoms with Crippen LogP contribution < -0.4 is 11.1 Å². The first-order valence-corrected chi connectivity index (χ1v) is 15.0. The Morgan fingerprint density at radius 3 is 2.24 bits per heavy atom. The predicted octanol–water partition coefficient (Wildman–Crippen LogP) is 8.25. The molecule has 7 nitrogen and oxygen atoms in total. The fraction of sp³-hybridized carbons (Fsp3) is 0.355. The van der Waals surface area contributed by atoms with Gasteiger partial charge in [-0.15, -0.1) is 0 Å². The lowest BCUT2D eigenvalue weighted by Gasteiger charge is -2.31. The lowest BCUT2D eigenvalue weighted by atomic mass is 9.94. The van der Waals surface area contributed by atoms with E-state index in [0.717, 1.165) is 16.9 Å². The van der Waals surface area contributed by atoms with E-state index in [1.165, 1.54) is 39.0 Å². The van der Waals surface area contributed by atoms with Gasteiger partial charge in [0.05, 0.1) is 27.0 Å². The highest BCUT2D eigenvalue weighted by Gasteiger charge is 2.20. The van der Waals surface area contributed by atoms with Crippen molar-refractivity contribution in [3.63, 3.8) is 0 Å². The number of rotatable bonds is 9. The molecule has 0 atom stereocenters. The number of carbonyl (C=O) groups is 2. The molecule has 0 aromatic heterocycles. The van der Waals surface area contributed by atoms with Crippen molar-refractivity contribution < 1.29 is 19.1 Å². The normalized spacial score (nSPS) is 13.2. The third-order valence-corrected chi connectivity index (χ3v) is 7.98. The molecule has 0 saturated heterocycles. The molecule has 220 valence electrons. The molecule has 1 fully saturated rings. The number of benzene rings is 3. The summed E-state index contributed by atoms with van der Waals surface area (Å²) in [6.45, 7) is 2.07. The predicted molar refractivity (Wildman–Crippen MR) is 170 cm³/mol. The van der Waals surface area contributed by atoms with Crippen LogP contribution in [-0.4, -0.2) is 43.1 Å². The van der Waals surface area contributed by atoms with Gasteiger partial charge >= 0.3 is 11.9 Å². The van der Waals surface area contributed by atoms with Crippen LogP contribution in [0.3, 0.4) is 0 Å². The Morgan fingerprint density at radius 1 is 0.976 bits per heavy atom. The molecule has 4 rings (SSSR count). The largest absolute Gasteiger partial charge is 0.462 e. The monoisotopic (exact) mass is 663 g/mol. The summed E-state index contributed by atoms with van der Waals surface area (Å²) in [6, 6.07) is 19.2. The Hall–Kier alpha value is -2.78. The molecule has 1 aliphatic rings. The Kier molecular flexibility index (Phi) is 13.3. The number of hydrogen-bond donors (Lipinski definition) is 2. The van der Waals surface area contributed by atoms with E-state index in [1.807, 2.05) is 36.4 Å². The first-order chi connectivity index (χ1) is 19.7. The van der Waals surface area contributed by atoms with E-state index >= 15 is 0 Å². The lowest BCUT2D eigenvalue weighted by Crippen LogP contribution is -2.33. The van der Waals surface area contributed by atoms with Gasteiger partial charge in [-0.1, -0.05) is 66.7 Å². The number of halogens is 3. The second kappa shape index (κ2) is 16.6. The van der Waals surface area contributed by atoms with Gasteiger partial charge in [-0.2, -0.15) is 0 Å². The number of esters is 2. The summed E-state index contributed by atoms with van der Waals surface area (Å²) in [4.78, 5) is 25.3. The zero-order valence-corrected chi connectivity index (χ0v) is 26.4. The van der Waals surface area contributed by atoms with Gasteiger partial charge in [-0.25, -0.2) is 4.79 Å². The van der Waals surface area contributed by atoms with Gasteiger partial charge in [-0.3, -0.25) is 9.69 Å². The molecule has 3 N–H and O–H groups in total. The highest BCUT2D eigenvalue weighted by Crippen LogP contribution is 2.32. The van der Waals surface area contributed by atoms with Gasteiger partial charge in [0.25, 0.3) is 0 Å². The number of nitrogens with two attached hydrogens (primary N) is 1. The molecule has 41 heavy (non-hydrogen) atoms. The summed E-state index contributed by atoms with van der Waals surface area (Å²) in [5.41, 5.74) is 9.89. The summed E-state index contributed by atoms with van der Waals surface area (Å²) in [7, 11) is 2.10. The molecule has 0 spiro atoms. The molecule has 1 saturated carbocycles. The van der Waals surface area contributed by atoms with Crippen molar-refractivity contribution in [3.8, 4) is 0 Å². The molecule has 0 heterocycles. The Balaban J connectivity index is 0.000000260. The topological polar surface area (TPSA) is 93.9 Å². The first-order valence-electron chi connectivity index (χ1n) is 13.5. The fourth-order valence-corrected chi connectivity index (χ4v) is 5.52. The Morgan fingerprint density at radius 2 is 1.61 bits per heavy atom. The molecule has 1 aliphatic carbocycles. The molecule has 10 heteroatoms. The van der Waals surface area contributed by atoms with E-state index in [4.69, 9.17) is 38.4 Å². The molecule has 3 aromatic carbocycles. The number of hydrogen-bond acceptors (Lipinski definition) is 7. The van der Waals surface area contributed by atoms with E-state index in [0.29, 0.717) is 38.4 Å². The van der Waals surface area contributed by atoms with Crippen LogP contribution in [-0.2, 0) is 20.8 Å². The quantitative estimate of drug-likeness (QED) is 0.135. The van der Waals surface area contributed by atoms with Crippen LogP contribution in [0.4, 0.5) is 17.1 Å². The third-order valence-electron chi connectivity index (χ3n) is 6.70. The van der Waals surface area contributed by atoms with E-state index in [1.54, 1.807) is 24.3 Å². The molecule has 0 radical (unpaired) electrons. The molecule has 0 bridgehead atoms. The number of nitrogens with one attached hydrogen (secondary N) is 1. The van der Waals surface area contributed by atoms with Gasteiger partial charge < -0.3 is 20.5 Å². The smallest absolute Gasteiger partial charge is 0.338 e. The van der Waals surface area contributed by atoms with Crippen LogP contribution >= 0.6 is 39.1 Å². The van der Waals surface area contributed by atoms with Crippen LogP contribution in [0.1, 0.15) is 54.9 Å². The van der Waals surface area contributed by atoms with Crippen molar-refractivity contribution in [2.75, 3.05) is 31.3 Å². The van der Waals surface area contributed by atoms with Crippen molar-refractivity contribution in [1.29, 1.82) is 0 Å². The molecular formula is C31H36BrCl2N3O4. The SMILES string of the molecule is CC(=O)OCCOC(=O)c1cc(Br)c(N)c(CN(C)C2CCCCC2)c1.Clc1cccc(Cl)c1Nc1ccccc1. The fourth-order valence-electron chi connectivity index (χ4n) is 4.53. The highest BCUT2D eigenvalue weighted by molar-refractivity contribution is 9.10. The second-order valence-electron chi connectivity index (χ2n) is 9.80. The van der Waals surface area contributed by atoms with Crippen molar-refractivity contribution >= 4 is 68.1 Å². The van der Waals surface area contributed by atoms with E-state index in [9.17, 15) is 9.59 Å². The molecule has 0 unspecified atom stereocenters. The van der Waals surface area contributed by atoms with Crippen molar-refractivity contribution in [2.45, 2.75) is 51.6 Å². The minimum absolute atomic E-state index is 0.0255. The van der Waals surface area contributed by atoms with Crippen LogP contribution in [0.25, 0.3) is 0 Å². The van der Waals surface area contributed by atoms with Crippen LogP contribution in [0.15, 0.2) is 65.1 Å². The average molecular weight is 665 g/mol. The second-order valence-corrected chi connectivity index (χ2v) is 11.5. The highest BCUT2D eigenvalue weighted by atomic mass is 79.9. The zero-order valence-electron chi connectivity index (χ0n) is 23.3. The van der Waals surface area contributed by atoms with Gasteiger partial charge in [0.1, 0.15) is 13.2 Å². The van der Waals surface area contributed by atoms with Crippen LogP contribution in [0, 0.1) is 0 Å². The van der Waals surface area contributed by atoms with E-state index in [2.05, 4.69) is 33.2 Å². The maximum absolute atomic E-state index is 12.3. The van der Waals surface area contributed by atoms with Gasteiger partial charge in [0.15, 0.2) is 0 Å². The number of para-hydroxylation sites is 2. The Labute approximate surface area is 260 Å². The van der Waals surface area contributed by atoms with Gasteiger partial charge in [-0.05, 0) is 77.8 Å². The first kappa shape index (κ1) is 32.7. The average Bonchev–Trinajstić information content (AvgIpc) is 2.96. The molecular weight excluding hydrogens is 629 g/mol. The maximum atomic E-state index is 12.3. The van der Waals surface area contributed by atoms with Crippen molar-refractivity contribution in [2.24, 2.45) is 0 Å². The number of nitrogen functional groups attached to an aromatic ring is 1. The summed E-state index contributed by atoms with van der Waals surface area (Å²) in [5, 5.41) is 4.41. The molecule has 3 aromatic rings. The molecule has 0 amide bonds. The third kappa shape index (κ3) is 10.5. The summed E-state index contributed by atoms with van der Waals surface area (Å²) in [5.74, 6) is -0.858. The summed E-state index contributed by atoms with van der Waals surface area (Å²) in [6.07, 6.45) is 6.25. The maximum Gasteiger partial charge on any atom is 0.338 e.